The van der Waals surface area contributed by atoms with Crippen LogP contribution in [0.1, 0.15) is 5.56 Å². The molecule has 7 heteroatoms. The van der Waals surface area contributed by atoms with Gasteiger partial charge < -0.3 is 10.5 Å². The number of nitrogens with zero attached hydrogens (tertiary/aromatic N) is 1. The molecule has 0 spiro atoms. The molecule has 1 aromatic heterocycles. The monoisotopic (exact) mass is 288 g/mol. The van der Waals surface area contributed by atoms with Crippen LogP contribution in [0.4, 0.5) is 18.9 Å². The fourth-order valence-corrected chi connectivity index (χ4v) is 1.51. The predicted molar refractivity (Wildman–Crippen MR) is 65.2 cm³/mol. The Morgan fingerprint density at radius 1 is 1.16 bits per heavy atom. The molecule has 0 aliphatic heterocycles. The number of hydrogen-bond donors (Lipinski definition) is 1. The number of alkyl halides is 3. The maximum Gasteiger partial charge on any atom is 0.420 e. The van der Waals surface area contributed by atoms with Gasteiger partial charge in [0.05, 0.1) is 5.02 Å². The third kappa shape index (κ3) is 3.29. The van der Waals surface area contributed by atoms with E-state index in [0.717, 1.165) is 12.1 Å². The molecule has 0 saturated heterocycles. The van der Waals surface area contributed by atoms with E-state index in [9.17, 15) is 13.2 Å². The molecule has 1 heterocycles. The average Bonchev–Trinajstić information content (AvgIpc) is 2.33. The Morgan fingerprint density at radius 2 is 1.89 bits per heavy atom. The molecular weight excluding hydrogens is 281 g/mol. The van der Waals surface area contributed by atoms with Crippen molar-refractivity contribution in [3.8, 4) is 11.6 Å². The molecular formula is C12H8ClF3N2O. The van der Waals surface area contributed by atoms with Crippen LogP contribution in [0.25, 0.3) is 0 Å². The second-order valence-electron chi connectivity index (χ2n) is 3.67. The highest BCUT2D eigenvalue weighted by Crippen LogP contribution is 2.38. The lowest BCUT2D eigenvalue weighted by atomic mass is 10.1. The molecule has 0 fully saturated rings. The van der Waals surface area contributed by atoms with Crippen molar-refractivity contribution >= 4 is 17.3 Å². The van der Waals surface area contributed by atoms with E-state index < -0.39 is 11.7 Å². The summed E-state index contributed by atoms with van der Waals surface area (Å²) in [5.74, 6) is -0.351. The van der Waals surface area contributed by atoms with Crippen molar-refractivity contribution in [2.45, 2.75) is 6.18 Å². The standard InChI is InChI=1S/C12H8ClF3N2O/c13-7-1-4-11(18-6-7)19-10-3-2-8(17)5-9(10)12(14,15)16/h1-6H,17H2. The molecule has 0 atom stereocenters. The van der Waals surface area contributed by atoms with Gasteiger partial charge >= 0.3 is 6.18 Å². The van der Waals surface area contributed by atoms with Crippen LogP contribution in [0.15, 0.2) is 36.5 Å². The molecule has 2 N–H and O–H groups in total. The van der Waals surface area contributed by atoms with Crippen molar-refractivity contribution in [1.82, 2.24) is 4.98 Å². The van der Waals surface area contributed by atoms with Crippen molar-refractivity contribution in [2.24, 2.45) is 0 Å². The van der Waals surface area contributed by atoms with Crippen LogP contribution in [0.2, 0.25) is 5.02 Å². The van der Waals surface area contributed by atoms with Crippen molar-refractivity contribution in [2.75, 3.05) is 5.73 Å². The van der Waals surface area contributed by atoms with E-state index in [4.69, 9.17) is 22.1 Å². The highest BCUT2D eigenvalue weighted by atomic mass is 35.5. The lowest BCUT2D eigenvalue weighted by Crippen LogP contribution is -2.08. The first-order valence-corrected chi connectivity index (χ1v) is 5.50. The Kier molecular flexibility index (Phi) is 3.53. The van der Waals surface area contributed by atoms with Crippen LogP contribution < -0.4 is 10.5 Å². The van der Waals surface area contributed by atoms with Gasteiger partial charge in [0.1, 0.15) is 11.3 Å². The van der Waals surface area contributed by atoms with E-state index in [-0.39, 0.29) is 17.3 Å². The SMILES string of the molecule is Nc1ccc(Oc2ccc(Cl)cn2)c(C(F)(F)F)c1. The topological polar surface area (TPSA) is 48.1 Å². The zero-order chi connectivity index (χ0) is 14.0. The summed E-state index contributed by atoms with van der Waals surface area (Å²) < 4.78 is 43.6. The molecule has 0 radical (unpaired) electrons. The van der Waals surface area contributed by atoms with E-state index >= 15 is 0 Å². The highest BCUT2D eigenvalue weighted by Gasteiger charge is 2.34. The number of benzene rings is 1. The van der Waals surface area contributed by atoms with Gasteiger partial charge in [-0.15, -0.1) is 0 Å². The summed E-state index contributed by atoms with van der Waals surface area (Å²) in [7, 11) is 0. The Morgan fingerprint density at radius 3 is 2.47 bits per heavy atom. The van der Waals surface area contributed by atoms with E-state index in [1.165, 1.54) is 24.4 Å². The summed E-state index contributed by atoms with van der Waals surface area (Å²) in [5.41, 5.74) is 4.40. The number of nitrogen functional groups attached to an aromatic ring is 1. The van der Waals surface area contributed by atoms with Gasteiger partial charge in [-0.25, -0.2) is 4.98 Å². The molecule has 3 nitrogen and oxygen atoms in total. The molecule has 0 saturated carbocycles. The van der Waals surface area contributed by atoms with Crippen molar-refractivity contribution in [1.29, 1.82) is 0 Å². The number of anilines is 1. The zero-order valence-electron chi connectivity index (χ0n) is 9.41. The minimum atomic E-state index is -4.56. The first kappa shape index (κ1) is 13.5. The van der Waals surface area contributed by atoms with E-state index in [1.54, 1.807) is 0 Å². The van der Waals surface area contributed by atoms with Gasteiger partial charge in [-0.3, -0.25) is 0 Å². The molecule has 0 unspecified atom stereocenters. The number of ether oxygens (including phenoxy) is 1. The summed E-state index contributed by atoms with van der Waals surface area (Å²) in [6.45, 7) is 0. The maximum atomic E-state index is 12.8. The van der Waals surface area contributed by atoms with Crippen molar-refractivity contribution in [3.05, 3.63) is 47.1 Å². The normalized spacial score (nSPS) is 11.4. The molecule has 0 bridgehead atoms. The van der Waals surface area contributed by atoms with Crippen LogP contribution >= 0.6 is 11.6 Å². The van der Waals surface area contributed by atoms with E-state index in [1.807, 2.05) is 0 Å². The summed E-state index contributed by atoms with van der Waals surface area (Å²) in [6.07, 6.45) is -3.28. The lowest BCUT2D eigenvalue weighted by molar-refractivity contribution is -0.138. The first-order valence-electron chi connectivity index (χ1n) is 5.12. The van der Waals surface area contributed by atoms with Gasteiger partial charge in [0, 0.05) is 18.0 Å². The molecule has 0 amide bonds. The van der Waals surface area contributed by atoms with Crippen LogP contribution in [-0.4, -0.2) is 4.98 Å². The fraction of sp³-hybridized carbons (Fsp3) is 0.0833. The highest BCUT2D eigenvalue weighted by molar-refractivity contribution is 6.30. The second kappa shape index (κ2) is 4.97. The first-order chi connectivity index (χ1) is 8.86. The van der Waals surface area contributed by atoms with Crippen molar-refractivity contribution in [3.63, 3.8) is 0 Å². The maximum absolute atomic E-state index is 12.8. The Bertz CT molecular complexity index is 585. The summed E-state index contributed by atoms with van der Waals surface area (Å²) in [5, 5.41) is 0.362. The molecule has 100 valence electrons. The third-order valence-electron chi connectivity index (χ3n) is 2.22. The van der Waals surface area contributed by atoms with Gasteiger partial charge in [-0.2, -0.15) is 13.2 Å². The zero-order valence-corrected chi connectivity index (χ0v) is 10.2. The van der Waals surface area contributed by atoms with Crippen LogP contribution in [0, 0.1) is 0 Å². The number of halogens is 4. The van der Waals surface area contributed by atoms with E-state index in [2.05, 4.69) is 4.98 Å². The van der Waals surface area contributed by atoms with E-state index in [0.29, 0.717) is 5.02 Å². The minimum absolute atomic E-state index is 0.00346. The lowest BCUT2D eigenvalue weighted by Gasteiger charge is -2.13. The largest absolute Gasteiger partial charge is 0.438 e. The van der Waals surface area contributed by atoms with Crippen LogP contribution in [0.3, 0.4) is 0 Å². The number of aromatic nitrogens is 1. The third-order valence-corrected chi connectivity index (χ3v) is 2.45. The van der Waals surface area contributed by atoms with Crippen molar-refractivity contribution < 1.29 is 17.9 Å². The molecule has 19 heavy (non-hydrogen) atoms. The molecule has 1 aromatic carbocycles. The Balaban J connectivity index is 2.37. The summed E-state index contributed by atoms with van der Waals surface area (Å²) in [6, 6.07) is 6.12. The number of pyridine rings is 1. The quantitative estimate of drug-likeness (QED) is 0.845. The number of rotatable bonds is 2. The number of hydrogen-bond acceptors (Lipinski definition) is 3. The van der Waals surface area contributed by atoms with Gasteiger partial charge in [-0.1, -0.05) is 11.6 Å². The second-order valence-corrected chi connectivity index (χ2v) is 4.11. The Hall–Kier alpha value is -1.95. The molecule has 0 aliphatic carbocycles. The minimum Gasteiger partial charge on any atom is -0.438 e. The van der Waals surface area contributed by atoms with Crippen LogP contribution in [-0.2, 0) is 6.18 Å². The predicted octanol–water partition coefficient (Wildman–Crippen LogP) is 4.13. The fourth-order valence-electron chi connectivity index (χ4n) is 1.39. The number of nitrogens with two attached hydrogens (primary N) is 1. The van der Waals surface area contributed by atoms with Gasteiger partial charge in [-0.05, 0) is 24.3 Å². The van der Waals surface area contributed by atoms with Gasteiger partial charge in [0.2, 0.25) is 5.88 Å². The summed E-state index contributed by atoms with van der Waals surface area (Å²) >= 11 is 5.62. The summed E-state index contributed by atoms with van der Waals surface area (Å²) in [4.78, 5) is 3.77. The average molecular weight is 289 g/mol. The van der Waals surface area contributed by atoms with Gasteiger partial charge in [0.15, 0.2) is 0 Å². The molecule has 0 aliphatic rings. The Labute approximate surface area is 111 Å². The van der Waals surface area contributed by atoms with Crippen LogP contribution in [0.5, 0.6) is 11.6 Å². The molecule has 2 rings (SSSR count). The smallest absolute Gasteiger partial charge is 0.420 e. The molecule has 2 aromatic rings. The van der Waals surface area contributed by atoms with Gasteiger partial charge in [0.25, 0.3) is 0 Å².